The summed E-state index contributed by atoms with van der Waals surface area (Å²) in [6.45, 7) is 6.19. The molecule has 0 aliphatic carbocycles. The number of hydrogen-bond acceptors (Lipinski definition) is 4. The normalized spacial score (nSPS) is 21.0. The zero-order valence-electron chi connectivity index (χ0n) is 10.7. The summed E-state index contributed by atoms with van der Waals surface area (Å²) < 4.78 is 1.99. The van der Waals surface area contributed by atoms with Crippen LogP contribution in [0.25, 0.3) is 0 Å². The van der Waals surface area contributed by atoms with Crippen LogP contribution in [0.4, 0.5) is 0 Å². The molecule has 96 valence electrons. The van der Waals surface area contributed by atoms with Crippen LogP contribution in [0.3, 0.4) is 0 Å². The van der Waals surface area contributed by atoms with E-state index in [-0.39, 0.29) is 0 Å². The van der Waals surface area contributed by atoms with Gasteiger partial charge in [0.15, 0.2) is 0 Å². The number of aromatic nitrogens is 3. The van der Waals surface area contributed by atoms with E-state index in [9.17, 15) is 0 Å². The van der Waals surface area contributed by atoms with Gasteiger partial charge in [0.05, 0.1) is 6.54 Å². The van der Waals surface area contributed by atoms with Crippen LogP contribution in [0.2, 0.25) is 0 Å². The van der Waals surface area contributed by atoms with Crippen LogP contribution >= 0.6 is 11.8 Å². The summed E-state index contributed by atoms with van der Waals surface area (Å²) in [5, 5.41) is 8.54. The minimum Gasteiger partial charge on any atom is -0.309 e. The largest absolute Gasteiger partial charge is 0.309 e. The molecule has 1 unspecified atom stereocenters. The fraction of sp³-hybridized carbons (Fsp3) is 0.833. The molecule has 0 aromatic carbocycles. The zero-order valence-corrected chi connectivity index (χ0v) is 11.5. The molecule has 1 aliphatic heterocycles. The fourth-order valence-corrected chi connectivity index (χ4v) is 3.42. The Kier molecular flexibility index (Phi) is 4.86. The van der Waals surface area contributed by atoms with Gasteiger partial charge >= 0.3 is 0 Å². The summed E-state index contributed by atoms with van der Waals surface area (Å²) in [5.74, 6) is 2.37. The minimum absolute atomic E-state index is 0.387. The van der Waals surface area contributed by atoms with Crippen LogP contribution in [-0.2, 0) is 6.54 Å². The van der Waals surface area contributed by atoms with Gasteiger partial charge in [-0.1, -0.05) is 6.42 Å². The van der Waals surface area contributed by atoms with Crippen LogP contribution in [0.5, 0.6) is 0 Å². The van der Waals surface area contributed by atoms with Crippen molar-refractivity contribution in [1.82, 2.24) is 20.1 Å². The van der Waals surface area contributed by atoms with E-state index < -0.39 is 0 Å². The van der Waals surface area contributed by atoms with Crippen LogP contribution < -0.4 is 5.32 Å². The number of nitrogens with one attached hydrogen (secondary N) is 1. The molecular formula is C12H22N4S. The van der Waals surface area contributed by atoms with Crippen molar-refractivity contribution in [3.8, 4) is 0 Å². The van der Waals surface area contributed by atoms with E-state index in [2.05, 4.69) is 41.0 Å². The molecule has 0 bridgehead atoms. The van der Waals surface area contributed by atoms with Gasteiger partial charge in [0, 0.05) is 17.8 Å². The summed E-state index contributed by atoms with van der Waals surface area (Å²) in [5.41, 5.74) is 0. The second kappa shape index (κ2) is 6.40. The molecule has 1 aliphatic rings. The Bertz CT molecular complexity index is 331. The fourth-order valence-electron chi connectivity index (χ4n) is 2.15. The van der Waals surface area contributed by atoms with E-state index in [0.717, 1.165) is 24.2 Å². The second-order valence-corrected chi connectivity index (χ2v) is 6.24. The molecule has 0 spiro atoms. The van der Waals surface area contributed by atoms with Gasteiger partial charge in [-0.2, -0.15) is 16.9 Å². The monoisotopic (exact) mass is 254 g/mol. The lowest BCUT2D eigenvalue weighted by molar-refractivity contribution is 0.487. The number of hydrogen-bond donors (Lipinski definition) is 1. The zero-order chi connectivity index (χ0) is 12.1. The first-order valence-corrected chi connectivity index (χ1v) is 7.53. The van der Waals surface area contributed by atoms with Crippen molar-refractivity contribution in [3.05, 3.63) is 12.2 Å². The standard InChI is InChI=1S/C12H22N4S/c1-10(2)16-12(14-9-15-16)8-13-7-11-5-3-4-6-17-11/h9-11,13H,3-8H2,1-2H3. The first-order chi connectivity index (χ1) is 8.27. The van der Waals surface area contributed by atoms with Crippen molar-refractivity contribution in [1.29, 1.82) is 0 Å². The van der Waals surface area contributed by atoms with E-state index in [1.807, 2.05) is 4.68 Å². The molecule has 2 rings (SSSR count). The van der Waals surface area contributed by atoms with Crippen molar-refractivity contribution < 1.29 is 0 Å². The Balaban J connectivity index is 1.75. The average molecular weight is 254 g/mol. The SMILES string of the molecule is CC(C)n1ncnc1CNCC1CCCCS1. The number of nitrogens with zero attached hydrogens (tertiary/aromatic N) is 3. The van der Waals surface area contributed by atoms with E-state index in [4.69, 9.17) is 0 Å². The molecule has 1 aromatic heterocycles. The van der Waals surface area contributed by atoms with Crippen molar-refractivity contribution in [2.24, 2.45) is 0 Å². The maximum atomic E-state index is 4.30. The highest BCUT2D eigenvalue weighted by molar-refractivity contribution is 7.99. The molecule has 0 saturated carbocycles. The smallest absolute Gasteiger partial charge is 0.141 e. The lowest BCUT2D eigenvalue weighted by atomic mass is 10.2. The predicted molar refractivity (Wildman–Crippen MR) is 72.2 cm³/mol. The molecule has 2 heterocycles. The molecule has 1 N–H and O–H groups in total. The first-order valence-electron chi connectivity index (χ1n) is 6.48. The van der Waals surface area contributed by atoms with Crippen LogP contribution in [0, 0.1) is 0 Å². The molecule has 1 atom stereocenters. The topological polar surface area (TPSA) is 42.7 Å². The number of thioether (sulfide) groups is 1. The molecule has 17 heavy (non-hydrogen) atoms. The van der Waals surface area contributed by atoms with Gasteiger partial charge in [-0.15, -0.1) is 0 Å². The third kappa shape index (κ3) is 3.71. The predicted octanol–water partition coefficient (Wildman–Crippen LogP) is 2.23. The Hall–Kier alpha value is -0.550. The van der Waals surface area contributed by atoms with Gasteiger partial charge in [-0.3, -0.25) is 0 Å². The molecule has 0 radical (unpaired) electrons. The van der Waals surface area contributed by atoms with Crippen LogP contribution in [0.1, 0.15) is 45.0 Å². The Labute approximate surface area is 108 Å². The van der Waals surface area contributed by atoms with Gasteiger partial charge in [-0.25, -0.2) is 9.67 Å². The molecule has 1 fully saturated rings. The van der Waals surface area contributed by atoms with E-state index in [1.165, 1.54) is 25.0 Å². The molecule has 1 saturated heterocycles. The highest BCUT2D eigenvalue weighted by Gasteiger charge is 2.14. The molecule has 4 nitrogen and oxygen atoms in total. The van der Waals surface area contributed by atoms with Gasteiger partial charge in [-0.05, 0) is 32.4 Å². The van der Waals surface area contributed by atoms with Crippen molar-refractivity contribution in [3.63, 3.8) is 0 Å². The van der Waals surface area contributed by atoms with Crippen LogP contribution in [-0.4, -0.2) is 32.3 Å². The maximum absolute atomic E-state index is 4.30. The summed E-state index contributed by atoms with van der Waals surface area (Å²) >= 11 is 2.11. The number of rotatable bonds is 5. The minimum atomic E-state index is 0.387. The van der Waals surface area contributed by atoms with Gasteiger partial charge in [0.1, 0.15) is 12.2 Å². The average Bonchev–Trinajstić information content (AvgIpc) is 2.79. The Morgan fingerprint density at radius 2 is 2.41 bits per heavy atom. The van der Waals surface area contributed by atoms with Gasteiger partial charge in [0.25, 0.3) is 0 Å². The molecule has 5 heteroatoms. The molecular weight excluding hydrogens is 232 g/mol. The summed E-state index contributed by atoms with van der Waals surface area (Å²) in [6, 6.07) is 0.387. The lowest BCUT2D eigenvalue weighted by Gasteiger charge is -2.21. The molecule has 1 aromatic rings. The van der Waals surface area contributed by atoms with Crippen LogP contribution in [0.15, 0.2) is 6.33 Å². The quantitative estimate of drug-likeness (QED) is 0.875. The third-order valence-corrected chi connectivity index (χ3v) is 4.46. The summed E-state index contributed by atoms with van der Waals surface area (Å²) in [6.07, 6.45) is 5.78. The Morgan fingerprint density at radius 3 is 3.12 bits per heavy atom. The first kappa shape index (κ1) is 12.9. The maximum Gasteiger partial charge on any atom is 0.141 e. The van der Waals surface area contributed by atoms with E-state index >= 15 is 0 Å². The van der Waals surface area contributed by atoms with E-state index in [0.29, 0.717) is 6.04 Å². The van der Waals surface area contributed by atoms with Crippen molar-refractivity contribution in [2.45, 2.75) is 50.9 Å². The highest BCUT2D eigenvalue weighted by Crippen LogP contribution is 2.24. The van der Waals surface area contributed by atoms with E-state index in [1.54, 1.807) is 6.33 Å². The second-order valence-electron chi connectivity index (χ2n) is 4.83. The summed E-state index contributed by atoms with van der Waals surface area (Å²) in [4.78, 5) is 4.30. The highest BCUT2D eigenvalue weighted by atomic mass is 32.2. The van der Waals surface area contributed by atoms with Gasteiger partial charge in [0.2, 0.25) is 0 Å². The lowest BCUT2D eigenvalue weighted by Crippen LogP contribution is -2.27. The Morgan fingerprint density at radius 1 is 1.53 bits per heavy atom. The summed E-state index contributed by atoms with van der Waals surface area (Å²) in [7, 11) is 0. The molecule has 0 amide bonds. The van der Waals surface area contributed by atoms with Crippen molar-refractivity contribution >= 4 is 11.8 Å². The third-order valence-electron chi connectivity index (χ3n) is 3.07. The van der Waals surface area contributed by atoms with Crippen molar-refractivity contribution in [2.75, 3.05) is 12.3 Å². The van der Waals surface area contributed by atoms with Gasteiger partial charge < -0.3 is 5.32 Å².